The standard InChI is InChI=1S/C15H20N2O2/c1-12(2)16-11-19-15(10-18)9-13-5-7-14(8-6-13)17(3)4/h5-12H,1-4H3/b15-9+,16-11+. The van der Waals surface area contributed by atoms with E-state index in [2.05, 4.69) is 4.99 Å². The maximum absolute atomic E-state index is 10.9. The van der Waals surface area contributed by atoms with Crippen molar-refractivity contribution >= 4 is 24.5 Å². The highest BCUT2D eigenvalue weighted by Crippen LogP contribution is 2.14. The molecule has 0 aliphatic rings. The van der Waals surface area contributed by atoms with Crippen LogP contribution in [-0.2, 0) is 9.53 Å². The molecule has 0 unspecified atom stereocenters. The normalized spacial score (nSPS) is 11.9. The number of hydrogen-bond acceptors (Lipinski definition) is 4. The summed E-state index contributed by atoms with van der Waals surface area (Å²) in [6.45, 7) is 3.87. The molecule has 0 heterocycles. The van der Waals surface area contributed by atoms with Crippen LogP contribution in [0.5, 0.6) is 0 Å². The molecule has 0 saturated heterocycles. The number of allylic oxidation sites excluding steroid dienone is 1. The average molecular weight is 260 g/mol. The Morgan fingerprint density at radius 2 is 1.89 bits per heavy atom. The molecule has 4 nitrogen and oxygen atoms in total. The summed E-state index contributed by atoms with van der Waals surface area (Å²) in [6, 6.07) is 7.98. The Bertz CT molecular complexity index is 460. The SMILES string of the molecule is CC(C)/N=C/O/C(C=O)=C/c1ccc(N(C)C)cc1. The maximum Gasteiger partial charge on any atom is 0.185 e. The molecule has 1 aromatic carbocycles. The fraction of sp³-hybridized carbons (Fsp3) is 0.333. The summed E-state index contributed by atoms with van der Waals surface area (Å²) < 4.78 is 5.17. The lowest BCUT2D eigenvalue weighted by atomic mass is 10.2. The van der Waals surface area contributed by atoms with E-state index >= 15 is 0 Å². The van der Waals surface area contributed by atoms with Gasteiger partial charge in [-0.15, -0.1) is 0 Å². The van der Waals surface area contributed by atoms with E-state index in [0.29, 0.717) is 6.29 Å². The number of anilines is 1. The number of aliphatic imine (C=N–C) groups is 1. The molecule has 0 amide bonds. The molecule has 0 aliphatic heterocycles. The first-order valence-corrected chi connectivity index (χ1v) is 6.15. The summed E-state index contributed by atoms with van der Waals surface area (Å²) in [4.78, 5) is 16.9. The van der Waals surface area contributed by atoms with Crippen LogP contribution in [0, 0.1) is 0 Å². The Hall–Kier alpha value is -2.10. The van der Waals surface area contributed by atoms with E-state index in [1.54, 1.807) is 6.08 Å². The molecule has 4 heteroatoms. The first kappa shape index (κ1) is 15.0. The highest BCUT2D eigenvalue weighted by Gasteiger charge is 1.98. The van der Waals surface area contributed by atoms with Gasteiger partial charge in [-0.1, -0.05) is 12.1 Å². The number of aldehydes is 1. The summed E-state index contributed by atoms with van der Waals surface area (Å²) in [6.07, 6.45) is 3.66. The average Bonchev–Trinajstić information content (AvgIpc) is 2.37. The minimum Gasteiger partial charge on any atom is -0.443 e. The van der Waals surface area contributed by atoms with Gasteiger partial charge in [0.15, 0.2) is 18.4 Å². The lowest BCUT2D eigenvalue weighted by molar-refractivity contribution is -0.106. The monoisotopic (exact) mass is 260 g/mol. The molecule has 0 atom stereocenters. The van der Waals surface area contributed by atoms with Crippen molar-refractivity contribution in [2.24, 2.45) is 4.99 Å². The summed E-state index contributed by atoms with van der Waals surface area (Å²) in [5.74, 6) is 0.238. The fourth-order valence-corrected chi connectivity index (χ4v) is 1.34. The zero-order valence-corrected chi connectivity index (χ0v) is 11.8. The van der Waals surface area contributed by atoms with Crippen molar-refractivity contribution in [3.05, 3.63) is 35.6 Å². The highest BCUT2D eigenvalue weighted by atomic mass is 16.5. The predicted molar refractivity (Wildman–Crippen MR) is 79.5 cm³/mol. The Balaban J connectivity index is 2.77. The molecule has 102 valence electrons. The Morgan fingerprint density at radius 1 is 1.26 bits per heavy atom. The Labute approximate surface area is 114 Å². The van der Waals surface area contributed by atoms with Gasteiger partial charge in [0.2, 0.25) is 0 Å². The third kappa shape index (κ3) is 5.38. The topological polar surface area (TPSA) is 41.9 Å². The van der Waals surface area contributed by atoms with Crippen LogP contribution in [0.25, 0.3) is 6.08 Å². The summed E-state index contributed by atoms with van der Waals surface area (Å²) in [5, 5.41) is 0. The van der Waals surface area contributed by atoms with Crippen LogP contribution < -0.4 is 4.90 Å². The first-order valence-electron chi connectivity index (χ1n) is 6.15. The van der Waals surface area contributed by atoms with Crippen molar-refractivity contribution in [2.75, 3.05) is 19.0 Å². The molecule has 19 heavy (non-hydrogen) atoms. The van der Waals surface area contributed by atoms with E-state index in [1.807, 2.05) is 57.1 Å². The van der Waals surface area contributed by atoms with E-state index in [4.69, 9.17) is 4.74 Å². The molecular weight excluding hydrogens is 240 g/mol. The molecule has 0 N–H and O–H groups in total. The van der Waals surface area contributed by atoms with Gasteiger partial charge in [-0.25, -0.2) is 0 Å². The second kappa shape index (κ2) is 7.36. The zero-order valence-electron chi connectivity index (χ0n) is 11.8. The molecule has 0 fully saturated rings. The highest BCUT2D eigenvalue weighted by molar-refractivity contribution is 5.81. The second-order valence-corrected chi connectivity index (χ2v) is 4.62. The van der Waals surface area contributed by atoms with Gasteiger partial charge in [0, 0.05) is 25.8 Å². The number of carbonyl (C=O) groups excluding carboxylic acids is 1. The number of carbonyl (C=O) groups is 1. The number of rotatable bonds is 6. The molecule has 0 saturated carbocycles. The van der Waals surface area contributed by atoms with Crippen LogP contribution in [0.4, 0.5) is 5.69 Å². The number of hydrogen-bond donors (Lipinski definition) is 0. The molecule has 0 aromatic heterocycles. The summed E-state index contributed by atoms with van der Waals surface area (Å²) >= 11 is 0. The molecule has 1 aromatic rings. The minimum atomic E-state index is 0.146. The van der Waals surface area contributed by atoms with E-state index in [-0.39, 0.29) is 11.8 Å². The largest absolute Gasteiger partial charge is 0.443 e. The summed E-state index contributed by atoms with van der Waals surface area (Å²) in [5.41, 5.74) is 2.01. The number of ether oxygens (including phenoxy) is 1. The van der Waals surface area contributed by atoms with Gasteiger partial charge in [0.1, 0.15) is 0 Å². The van der Waals surface area contributed by atoms with E-state index in [0.717, 1.165) is 11.3 Å². The minimum absolute atomic E-state index is 0.146. The van der Waals surface area contributed by atoms with Gasteiger partial charge in [0.05, 0.1) is 0 Å². The third-order valence-electron chi connectivity index (χ3n) is 2.38. The van der Waals surface area contributed by atoms with Gasteiger partial charge in [-0.3, -0.25) is 9.79 Å². The van der Waals surface area contributed by atoms with Crippen LogP contribution in [0.3, 0.4) is 0 Å². The zero-order chi connectivity index (χ0) is 14.3. The van der Waals surface area contributed by atoms with Crippen molar-refractivity contribution in [1.82, 2.24) is 0 Å². The van der Waals surface area contributed by atoms with Crippen molar-refractivity contribution < 1.29 is 9.53 Å². The van der Waals surface area contributed by atoms with Crippen LogP contribution in [0.2, 0.25) is 0 Å². The van der Waals surface area contributed by atoms with Gasteiger partial charge < -0.3 is 9.64 Å². The van der Waals surface area contributed by atoms with Crippen molar-refractivity contribution in [1.29, 1.82) is 0 Å². The molecule has 0 radical (unpaired) electrons. The smallest absolute Gasteiger partial charge is 0.185 e. The van der Waals surface area contributed by atoms with Crippen molar-refractivity contribution in [3.63, 3.8) is 0 Å². The van der Waals surface area contributed by atoms with Crippen LogP contribution in [0.15, 0.2) is 35.0 Å². The molecular formula is C15H20N2O2. The number of nitrogens with zero attached hydrogens (tertiary/aromatic N) is 2. The van der Waals surface area contributed by atoms with Crippen molar-refractivity contribution in [2.45, 2.75) is 19.9 Å². The van der Waals surface area contributed by atoms with Gasteiger partial charge in [-0.05, 0) is 37.6 Å². The van der Waals surface area contributed by atoms with Gasteiger partial charge >= 0.3 is 0 Å². The van der Waals surface area contributed by atoms with E-state index in [1.165, 1.54) is 6.40 Å². The lowest BCUT2D eigenvalue weighted by Gasteiger charge is -2.11. The van der Waals surface area contributed by atoms with E-state index in [9.17, 15) is 4.79 Å². The lowest BCUT2D eigenvalue weighted by Crippen LogP contribution is -2.07. The fourth-order valence-electron chi connectivity index (χ4n) is 1.34. The third-order valence-corrected chi connectivity index (χ3v) is 2.38. The molecule has 0 spiro atoms. The van der Waals surface area contributed by atoms with Crippen LogP contribution in [0.1, 0.15) is 19.4 Å². The van der Waals surface area contributed by atoms with Gasteiger partial charge in [-0.2, -0.15) is 0 Å². The predicted octanol–water partition coefficient (Wildman–Crippen LogP) is 2.75. The molecule has 0 bridgehead atoms. The van der Waals surface area contributed by atoms with Crippen LogP contribution in [-0.4, -0.2) is 32.8 Å². The molecule has 0 aliphatic carbocycles. The van der Waals surface area contributed by atoms with Gasteiger partial charge in [0.25, 0.3) is 0 Å². The molecule has 1 rings (SSSR count). The van der Waals surface area contributed by atoms with E-state index < -0.39 is 0 Å². The van der Waals surface area contributed by atoms with Crippen molar-refractivity contribution in [3.8, 4) is 0 Å². The quantitative estimate of drug-likeness (QED) is 0.260. The Morgan fingerprint density at radius 3 is 2.37 bits per heavy atom. The maximum atomic E-state index is 10.9. The second-order valence-electron chi connectivity index (χ2n) is 4.62. The summed E-state index contributed by atoms with van der Waals surface area (Å²) in [7, 11) is 3.96. The number of benzene rings is 1. The van der Waals surface area contributed by atoms with Crippen LogP contribution >= 0.6 is 0 Å². The first-order chi connectivity index (χ1) is 9.02. The Kier molecular flexibility index (Phi) is 5.79.